The number of sulfonamides is 1. The Labute approximate surface area is 128 Å². The molecule has 0 bridgehead atoms. The Kier molecular flexibility index (Phi) is 3.29. The number of hydrogen-bond acceptors (Lipinski definition) is 5. The number of nitrogens with zero attached hydrogens (tertiary/aromatic N) is 2. The van der Waals surface area contributed by atoms with Crippen molar-refractivity contribution >= 4 is 25.5 Å². The summed E-state index contributed by atoms with van der Waals surface area (Å²) in [6.45, 7) is 3.12. The van der Waals surface area contributed by atoms with Gasteiger partial charge in [0.2, 0.25) is 0 Å². The Morgan fingerprint density at radius 1 is 1.23 bits per heavy atom. The molecular weight excluding hydrogens is 326 g/mol. The summed E-state index contributed by atoms with van der Waals surface area (Å²) < 4.78 is 51.3. The normalized spacial score (nSPS) is 17.3. The number of hydrogen-bond donors (Lipinski definition) is 1. The zero-order chi connectivity index (χ0) is 16.1. The summed E-state index contributed by atoms with van der Waals surface area (Å²) >= 11 is 0. The van der Waals surface area contributed by atoms with Gasteiger partial charge in [0.1, 0.15) is 4.90 Å². The number of para-hydroxylation sites is 1. The molecule has 0 spiro atoms. The average molecular weight is 341 g/mol. The molecule has 1 aliphatic rings. The molecule has 2 aromatic rings. The topological polar surface area (TPSA) is 100 Å². The smallest absolute Gasteiger partial charge is 0.268 e. The Balaban J connectivity index is 2.22. The minimum Gasteiger partial charge on any atom is -0.281 e. The van der Waals surface area contributed by atoms with Gasteiger partial charge >= 0.3 is 0 Å². The Hall–Kier alpha value is -1.87. The van der Waals surface area contributed by atoms with Crippen LogP contribution >= 0.6 is 0 Å². The predicted octanol–water partition coefficient (Wildman–Crippen LogP) is 1.01. The highest BCUT2D eigenvalue weighted by atomic mass is 32.2. The number of rotatable bonds is 2. The van der Waals surface area contributed by atoms with E-state index in [1.165, 1.54) is 12.1 Å². The molecule has 1 aliphatic heterocycles. The van der Waals surface area contributed by atoms with Crippen LogP contribution in [0.1, 0.15) is 11.4 Å². The van der Waals surface area contributed by atoms with Crippen molar-refractivity contribution in [3.8, 4) is 0 Å². The molecule has 0 atom stereocenters. The van der Waals surface area contributed by atoms with Crippen molar-refractivity contribution in [2.75, 3.05) is 16.6 Å². The maximum absolute atomic E-state index is 12.9. The van der Waals surface area contributed by atoms with Crippen molar-refractivity contribution in [3.05, 3.63) is 35.7 Å². The van der Waals surface area contributed by atoms with Crippen LogP contribution in [0.5, 0.6) is 0 Å². The molecule has 0 radical (unpaired) electrons. The molecule has 1 aromatic heterocycles. The van der Waals surface area contributed by atoms with Crippen LogP contribution in [-0.4, -0.2) is 39.3 Å². The number of aryl methyl sites for hydroxylation is 2. The summed E-state index contributed by atoms with van der Waals surface area (Å²) in [6, 6.07) is 6.15. The van der Waals surface area contributed by atoms with Crippen molar-refractivity contribution in [1.29, 1.82) is 0 Å². The molecule has 0 fully saturated rings. The minimum absolute atomic E-state index is 0.0450. The maximum atomic E-state index is 12.9. The first kappa shape index (κ1) is 15.0. The van der Waals surface area contributed by atoms with Gasteiger partial charge in [0.15, 0.2) is 9.84 Å². The largest absolute Gasteiger partial charge is 0.281 e. The zero-order valence-corrected chi connectivity index (χ0v) is 13.7. The first-order valence-electron chi connectivity index (χ1n) is 6.61. The highest BCUT2D eigenvalue weighted by Crippen LogP contribution is 2.35. The van der Waals surface area contributed by atoms with Gasteiger partial charge in [0, 0.05) is 6.54 Å². The van der Waals surface area contributed by atoms with E-state index < -0.39 is 19.9 Å². The lowest BCUT2D eigenvalue weighted by atomic mass is 10.3. The van der Waals surface area contributed by atoms with Gasteiger partial charge in [0.25, 0.3) is 10.0 Å². The minimum atomic E-state index is -3.87. The molecule has 0 unspecified atom stereocenters. The summed E-state index contributed by atoms with van der Waals surface area (Å²) in [7, 11) is -7.32. The number of nitrogens with one attached hydrogen (secondary N) is 1. The number of H-pyrrole nitrogens is 1. The second-order valence-electron chi connectivity index (χ2n) is 5.13. The van der Waals surface area contributed by atoms with Crippen LogP contribution in [0.4, 0.5) is 5.69 Å². The molecule has 3 rings (SSSR count). The van der Waals surface area contributed by atoms with Crippen LogP contribution < -0.4 is 4.31 Å². The van der Waals surface area contributed by atoms with Crippen LogP contribution in [0.25, 0.3) is 0 Å². The number of benzene rings is 1. The molecule has 2 heterocycles. The van der Waals surface area contributed by atoms with E-state index in [9.17, 15) is 16.8 Å². The van der Waals surface area contributed by atoms with Gasteiger partial charge in [-0.2, -0.15) is 5.10 Å². The molecule has 1 aromatic carbocycles. The number of aromatic nitrogens is 2. The van der Waals surface area contributed by atoms with Crippen LogP contribution in [0.3, 0.4) is 0 Å². The van der Waals surface area contributed by atoms with E-state index in [2.05, 4.69) is 10.2 Å². The van der Waals surface area contributed by atoms with Gasteiger partial charge < -0.3 is 0 Å². The van der Waals surface area contributed by atoms with Crippen LogP contribution in [0.2, 0.25) is 0 Å². The molecule has 0 amide bonds. The van der Waals surface area contributed by atoms with Gasteiger partial charge in [-0.05, 0) is 26.0 Å². The van der Waals surface area contributed by atoms with Crippen molar-refractivity contribution in [2.45, 2.75) is 23.6 Å². The molecular formula is C13H15N3O4S2. The van der Waals surface area contributed by atoms with Gasteiger partial charge in [-0.1, -0.05) is 12.1 Å². The molecule has 118 valence electrons. The summed E-state index contributed by atoms with van der Waals surface area (Å²) in [6.07, 6.45) is 0. The van der Waals surface area contributed by atoms with E-state index in [-0.39, 0.29) is 27.8 Å². The molecule has 7 nitrogen and oxygen atoms in total. The van der Waals surface area contributed by atoms with Crippen molar-refractivity contribution in [3.63, 3.8) is 0 Å². The predicted molar refractivity (Wildman–Crippen MR) is 81.1 cm³/mol. The standard InChI is InChI=1S/C13H15N3O4S2/c1-9-13(10(2)15-14-9)22(19,20)16-7-8-21(17,18)12-6-4-3-5-11(12)16/h3-6H,7-8H2,1-2H3,(H,14,15). The van der Waals surface area contributed by atoms with E-state index in [0.717, 1.165) is 4.31 Å². The highest BCUT2D eigenvalue weighted by Gasteiger charge is 2.37. The molecule has 0 aliphatic carbocycles. The second-order valence-corrected chi connectivity index (χ2v) is 9.00. The molecule has 9 heteroatoms. The van der Waals surface area contributed by atoms with Crippen molar-refractivity contribution < 1.29 is 16.8 Å². The summed E-state index contributed by atoms with van der Waals surface area (Å²) in [5.41, 5.74) is 0.987. The summed E-state index contributed by atoms with van der Waals surface area (Å²) in [5.74, 6) is -0.237. The van der Waals surface area contributed by atoms with E-state index in [1.54, 1.807) is 26.0 Å². The van der Waals surface area contributed by atoms with E-state index in [1.807, 2.05) is 0 Å². The molecule has 22 heavy (non-hydrogen) atoms. The number of sulfone groups is 1. The monoisotopic (exact) mass is 341 g/mol. The van der Waals surface area contributed by atoms with E-state index in [0.29, 0.717) is 11.4 Å². The highest BCUT2D eigenvalue weighted by molar-refractivity contribution is 7.94. The van der Waals surface area contributed by atoms with Crippen LogP contribution in [-0.2, 0) is 19.9 Å². The van der Waals surface area contributed by atoms with E-state index >= 15 is 0 Å². The number of aromatic amines is 1. The lowest BCUT2D eigenvalue weighted by Gasteiger charge is -2.30. The van der Waals surface area contributed by atoms with Crippen LogP contribution in [0.15, 0.2) is 34.1 Å². The summed E-state index contributed by atoms with van der Waals surface area (Å²) in [5, 5.41) is 6.56. The first-order valence-corrected chi connectivity index (χ1v) is 9.70. The Morgan fingerprint density at radius 2 is 1.91 bits per heavy atom. The molecule has 1 N–H and O–H groups in total. The third kappa shape index (κ3) is 2.12. The lowest BCUT2D eigenvalue weighted by molar-refractivity contribution is 0.583. The quantitative estimate of drug-likeness (QED) is 0.878. The van der Waals surface area contributed by atoms with Crippen molar-refractivity contribution in [1.82, 2.24) is 10.2 Å². The zero-order valence-electron chi connectivity index (χ0n) is 12.1. The van der Waals surface area contributed by atoms with Gasteiger partial charge in [0.05, 0.1) is 27.7 Å². The van der Waals surface area contributed by atoms with Crippen LogP contribution in [0, 0.1) is 13.8 Å². The number of anilines is 1. The molecule has 0 saturated heterocycles. The fourth-order valence-electron chi connectivity index (χ4n) is 2.64. The Bertz CT molecular complexity index is 926. The fourth-order valence-corrected chi connectivity index (χ4v) is 6.06. The number of fused-ring (bicyclic) bond motifs is 1. The van der Waals surface area contributed by atoms with Gasteiger partial charge in [-0.25, -0.2) is 16.8 Å². The van der Waals surface area contributed by atoms with Gasteiger partial charge in [-0.3, -0.25) is 9.40 Å². The SMILES string of the molecule is Cc1n[nH]c(C)c1S(=O)(=O)N1CCS(=O)(=O)c2ccccc21. The van der Waals surface area contributed by atoms with Crippen molar-refractivity contribution in [2.24, 2.45) is 0 Å². The third-order valence-electron chi connectivity index (χ3n) is 3.64. The lowest BCUT2D eigenvalue weighted by Crippen LogP contribution is -2.40. The molecule has 0 saturated carbocycles. The first-order chi connectivity index (χ1) is 10.2. The van der Waals surface area contributed by atoms with E-state index in [4.69, 9.17) is 0 Å². The van der Waals surface area contributed by atoms with Gasteiger partial charge in [-0.15, -0.1) is 0 Å². The summed E-state index contributed by atoms with van der Waals surface area (Å²) in [4.78, 5) is 0.144. The third-order valence-corrected chi connectivity index (χ3v) is 7.45. The fraction of sp³-hybridized carbons (Fsp3) is 0.308. The Morgan fingerprint density at radius 3 is 2.55 bits per heavy atom. The average Bonchev–Trinajstić information content (AvgIpc) is 2.78. The maximum Gasteiger partial charge on any atom is 0.268 e. The second kappa shape index (κ2) is 4.82.